The molecule has 0 aromatic carbocycles. The van der Waals surface area contributed by atoms with E-state index in [1.54, 1.807) is 0 Å². The summed E-state index contributed by atoms with van der Waals surface area (Å²) in [4.78, 5) is 7.09. The SMILES string of the molecule is [Br-].[CH3][Sn]([CH3])[CH3].[Cu].[Li+]. The summed E-state index contributed by atoms with van der Waals surface area (Å²) in [6, 6.07) is 0. The maximum absolute atomic E-state index is 2.36. The van der Waals surface area contributed by atoms with Crippen LogP contribution in [-0.2, 0) is 17.1 Å². The fourth-order valence-corrected chi connectivity index (χ4v) is 0. The first-order valence-electron chi connectivity index (χ1n) is 1.50. The van der Waals surface area contributed by atoms with E-state index in [1.807, 2.05) is 0 Å². The first-order valence-corrected chi connectivity index (χ1v) is 10.1. The van der Waals surface area contributed by atoms with E-state index >= 15 is 0 Å². The fourth-order valence-electron chi connectivity index (χ4n) is 0. The molecular formula is C3H9BrCuLiSn. The van der Waals surface area contributed by atoms with Crippen LogP contribution in [0.1, 0.15) is 0 Å². The second-order valence-corrected chi connectivity index (χ2v) is 10.1. The third kappa shape index (κ3) is 59.8. The molecule has 0 rings (SSSR count). The molecule has 0 bridgehead atoms. The van der Waals surface area contributed by atoms with Crippen LogP contribution >= 0.6 is 0 Å². The van der Waals surface area contributed by atoms with E-state index in [1.165, 1.54) is 0 Å². The average Bonchev–Trinajstić information content (AvgIpc) is 0.811. The van der Waals surface area contributed by atoms with Crippen molar-refractivity contribution in [2.75, 3.05) is 0 Å². The molecule has 0 atom stereocenters. The van der Waals surface area contributed by atoms with Crippen molar-refractivity contribution >= 4 is 19.8 Å². The minimum atomic E-state index is -0.543. The number of rotatable bonds is 0. The van der Waals surface area contributed by atoms with Crippen molar-refractivity contribution in [2.24, 2.45) is 0 Å². The van der Waals surface area contributed by atoms with Crippen molar-refractivity contribution in [3.8, 4) is 0 Å². The van der Waals surface area contributed by atoms with Crippen molar-refractivity contribution in [3.05, 3.63) is 0 Å². The molecule has 2 radical (unpaired) electrons. The molecule has 0 saturated heterocycles. The monoisotopic (exact) mass is 314 g/mol. The Labute approximate surface area is 86.4 Å². The van der Waals surface area contributed by atoms with Gasteiger partial charge in [-0.3, -0.25) is 0 Å². The number of halogens is 1. The standard InChI is InChI=1S/3CH3.BrH.Cu.Li.Sn/h3*1H3;1H;;;/q;;;;;+1;/p-1. The second kappa shape index (κ2) is 15.8. The van der Waals surface area contributed by atoms with Gasteiger partial charge in [0.1, 0.15) is 0 Å². The zero-order chi connectivity index (χ0) is 3.58. The van der Waals surface area contributed by atoms with Gasteiger partial charge in [0.2, 0.25) is 0 Å². The van der Waals surface area contributed by atoms with Crippen LogP contribution in [0.5, 0.6) is 0 Å². The maximum atomic E-state index is 2.36. The van der Waals surface area contributed by atoms with Crippen molar-refractivity contribution in [3.63, 3.8) is 0 Å². The van der Waals surface area contributed by atoms with E-state index in [-0.39, 0.29) is 52.9 Å². The molecule has 0 nitrogen and oxygen atoms in total. The van der Waals surface area contributed by atoms with Gasteiger partial charge < -0.3 is 17.0 Å². The molecule has 4 heteroatoms. The van der Waals surface area contributed by atoms with Crippen LogP contribution in [0.2, 0.25) is 14.8 Å². The zero-order valence-electron chi connectivity index (χ0n) is 5.18. The van der Waals surface area contributed by atoms with Crippen LogP contribution in [-0.4, -0.2) is 19.8 Å². The van der Waals surface area contributed by atoms with E-state index in [0.717, 1.165) is 0 Å². The summed E-state index contributed by atoms with van der Waals surface area (Å²) in [5.41, 5.74) is 0. The first-order chi connectivity index (χ1) is 1.73. The normalized spacial score (nSPS) is 5.14. The van der Waals surface area contributed by atoms with Crippen LogP contribution < -0.4 is 35.8 Å². The van der Waals surface area contributed by atoms with Crippen LogP contribution in [0.25, 0.3) is 0 Å². The smallest absolute Gasteiger partial charge is 0 e. The van der Waals surface area contributed by atoms with Gasteiger partial charge >= 0.3 is 53.4 Å². The Balaban J connectivity index is -0.0000000150. The van der Waals surface area contributed by atoms with E-state index in [4.69, 9.17) is 0 Å². The van der Waals surface area contributed by atoms with Gasteiger partial charge in [-0.2, -0.15) is 0 Å². The second-order valence-electron chi connectivity index (χ2n) is 1.50. The van der Waals surface area contributed by atoms with Gasteiger partial charge in [0.15, 0.2) is 0 Å². The molecule has 0 amide bonds. The van der Waals surface area contributed by atoms with Gasteiger partial charge in [-0.1, -0.05) is 0 Å². The minimum Gasteiger partial charge on any atom is 0 e. The molecule has 0 aliphatic rings. The zero-order valence-corrected chi connectivity index (χ0v) is 10.6. The van der Waals surface area contributed by atoms with Crippen LogP contribution in [0.4, 0.5) is 0 Å². The summed E-state index contributed by atoms with van der Waals surface area (Å²) in [5, 5.41) is 0. The van der Waals surface area contributed by atoms with Crippen LogP contribution in [0, 0.1) is 0 Å². The molecule has 0 aromatic heterocycles. The number of hydrogen-bond donors (Lipinski definition) is 0. The quantitative estimate of drug-likeness (QED) is 0.395. The molecule has 7 heavy (non-hydrogen) atoms. The average molecular weight is 314 g/mol. The molecule has 0 aliphatic carbocycles. The largest absolute Gasteiger partial charge is 1.00 e. The Kier molecular flexibility index (Phi) is 51.3. The third-order valence-corrected chi connectivity index (χ3v) is 0. The first kappa shape index (κ1) is 22.7. The van der Waals surface area contributed by atoms with Gasteiger partial charge in [0.25, 0.3) is 0 Å². The molecule has 0 unspecified atom stereocenters. The Hall–Kier alpha value is 2.40. The fraction of sp³-hybridized carbons (Fsp3) is 1.00. The molecule has 44 valence electrons. The van der Waals surface area contributed by atoms with E-state index in [2.05, 4.69) is 14.8 Å². The predicted molar refractivity (Wildman–Crippen MR) is 23.3 cm³/mol. The van der Waals surface area contributed by atoms with Crippen molar-refractivity contribution in [1.29, 1.82) is 0 Å². The Morgan fingerprint density at radius 3 is 1.00 bits per heavy atom. The minimum absolute atomic E-state index is 0. The molecule has 0 aliphatic heterocycles. The van der Waals surface area contributed by atoms with Gasteiger partial charge in [-0.05, 0) is 0 Å². The summed E-state index contributed by atoms with van der Waals surface area (Å²) >= 11 is -0.543. The Bertz CT molecular complexity index is 19.7. The summed E-state index contributed by atoms with van der Waals surface area (Å²) in [7, 11) is 0. The summed E-state index contributed by atoms with van der Waals surface area (Å²) in [5.74, 6) is 0. The summed E-state index contributed by atoms with van der Waals surface area (Å²) in [6.45, 7) is 0. The molecule has 0 spiro atoms. The Morgan fingerprint density at radius 1 is 1.00 bits per heavy atom. The Morgan fingerprint density at radius 2 is 1.00 bits per heavy atom. The van der Waals surface area contributed by atoms with Gasteiger partial charge in [0, 0.05) is 17.1 Å². The van der Waals surface area contributed by atoms with E-state index in [0.29, 0.717) is 0 Å². The van der Waals surface area contributed by atoms with Crippen molar-refractivity contribution in [2.45, 2.75) is 14.8 Å². The van der Waals surface area contributed by atoms with E-state index < -0.39 is 19.8 Å². The van der Waals surface area contributed by atoms with Crippen molar-refractivity contribution in [1.82, 2.24) is 0 Å². The third-order valence-electron chi connectivity index (χ3n) is 0. The maximum Gasteiger partial charge on any atom is 1.00 e. The molecule has 0 N–H and O–H groups in total. The number of hydrogen-bond acceptors (Lipinski definition) is 0. The van der Waals surface area contributed by atoms with Crippen LogP contribution in [0.15, 0.2) is 0 Å². The summed E-state index contributed by atoms with van der Waals surface area (Å²) < 4.78 is 0. The van der Waals surface area contributed by atoms with Gasteiger partial charge in [-0.25, -0.2) is 0 Å². The van der Waals surface area contributed by atoms with Crippen LogP contribution in [0.3, 0.4) is 0 Å². The molecular weight excluding hydrogens is 305 g/mol. The molecule has 0 fully saturated rings. The summed E-state index contributed by atoms with van der Waals surface area (Å²) in [6.07, 6.45) is 0. The molecule has 0 saturated carbocycles. The van der Waals surface area contributed by atoms with Crippen molar-refractivity contribution < 1.29 is 52.9 Å². The predicted octanol–water partition coefficient (Wildman–Crippen LogP) is -4.62. The molecule has 0 aromatic rings. The van der Waals surface area contributed by atoms with E-state index in [9.17, 15) is 0 Å². The molecule has 0 heterocycles. The van der Waals surface area contributed by atoms with Gasteiger partial charge in [-0.15, -0.1) is 0 Å². The van der Waals surface area contributed by atoms with Gasteiger partial charge in [0.05, 0.1) is 0 Å². The topological polar surface area (TPSA) is 0 Å².